The first kappa shape index (κ1) is 18.4. The predicted molar refractivity (Wildman–Crippen MR) is 107 cm³/mol. The van der Waals surface area contributed by atoms with E-state index in [0.717, 1.165) is 10.9 Å². The first-order valence-corrected chi connectivity index (χ1v) is 8.93. The number of furan rings is 1. The summed E-state index contributed by atoms with van der Waals surface area (Å²) >= 11 is 0. The molecule has 4 aromatic rings. The van der Waals surface area contributed by atoms with E-state index >= 15 is 0 Å². The lowest BCUT2D eigenvalue weighted by molar-refractivity contribution is -0.131. The van der Waals surface area contributed by atoms with Crippen molar-refractivity contribution in [1.82, 2.24) is 14.5 Å². The largest absolute Gasteiger partial charge is 0.448 e. The minimum atomic E-state index is -0.530. The highest BCUT2D eigenvalue weighted by Crippen LogP contribution is 2.24. The van der Waals surface area contributed by atoms with E-state index in [9.17, 15) is 14.4 Å². The van der Waals surface area contributed by atoms with Gasteiger partial charge in [0.25, 0.3) is 5.56 Å². The molecule has 0 radical (unpaired) electrons. The van der Waals surface area contributed by atoms with Gasteiger partial charge < -0.3 is 15.1 Å². The Morgan fingerprint density at radius 1 is 1.17 bits per heavy atom. The van der Waals surface area contributed by atoms with E-state index in [1.54, 1.807) is 37.4 Å². The van der Waals surface area contributed by atoms with E-state index in [4.69, 9.17) is 10.2 Å². The lowest BCUT2D eigenvalue weighted by Gasteiger charge is -2.18. The Labute approximate surface area is 165 Å². The molecule has 2 aromatic carbocycles. The van der Waals surface area contributed by atoms with Crippen LogP contribution in [0.25, 0.3) is 22.1 Å². The van der Waals surface area contributed by atoms with Gasteiger partial charge >= 0.3 is 0 Å². The van der Waals surface area contributed by atoms with E-state index in [1.807, 2.05) is 18.2 Å². The van der Waals surface area contributed by atoms with Crippen molar-refractivity contribution in [2.45, 2.75) is 13.1 Å². The number of carbonyl (C=O) groups excluding carboxylic acids is 2. The van der Waals surface area contributed by atoms with Crippen LogP contribution in [-0.2, 0) is 17.9 Å². The first-order chi connectivity index (χ1) is 13.9. The minimum absolute atomic E-state index is 0.123. The summed E-state index contributed by atoms with van der Waals surface area (Å²) in [7, 11) is 1.62. The van der Waals surface area contributed by atoms with Crippen LogP contribution in [-0.4, -0.2) is 33.3 Å². The van der Waals surface area contributed by atoms with E-state index in [2.05, 4.69) is 4.98 Å². The van der Waals surface area contributed by atoms with Gasteiger partial charge in [-0.3, -0.25) is 19.0 Å². The fourth-order valence-corrected chi connectivity index (χ4v) is 3.18. The van der Waals surface area contributed by atoms with Crippen LogP contribution in [0, 0.1) is 0 Å². The second-order valence-corrected chi connectivity index (χ2v) is 6.77. The van der Waals surface area contributed by atoms with Gasteiger partial charge in [0.2, 0.25) is 17.4 Å². The Balaban J connectivity index is 1.56. The van der Waals surface area contributed by atoms with Crippen molar-refractivity contribution in [1.29, 1.82) is 0 Å². The predicted octanol–water partition coefficient (Wildman–Crippen LogP) is 1.90. The van der Waals surface area contributed by atoms with Gasteiger partial charge in [0.1, 0.15) is 17.6 Å². The van der Waals surface area contributed by atoms with Crippen LogP contribution >= 0.6 is 0 Å². The summed E-state index contributed by atoms with van der Waals surface area (Å²) in [5.74, 6) is -0.813. The Bertz CT molecular complexity index is 1310. The highest BCUT2D eigenvalue weighted by molar-refractivity contribution is 6.01. The topological polar surface area (TPSA) is 111 Å². The van der Waals surface area contributed by atoms with Crippen LogP contribution in [0.1, 0.15) is 15.9 Å². The maximum Gasteiger partial charge on any atom is 0.297 e. The Kier molecular flexibility index (Phi) is 4.59. The number of hydrogen-bond donors (Lipinski definition) is 1. The van der Waals surface area contributed by atoms with E-state index in [0.29, 0.717) is 16.7 Å². The van der Waals surface area contributed by atoms with Gasteiger partial charge in [-0.25, -0.2) is 4.98 Å². The first-order valence-electron chi connectivity index (χ1n) is 8.93. The summed E-state index contributed by atoms with van der Waals surface area (Å²) in [6, 6.07) is 14.0. The fraction of sp³-hybridized carbons (Fsp3) is 0.143. The van der Waals surface area contributed by atoms with E-state index < -0.39 is 11.5 Å². The molecule has 0 spiro atoms. The van der Waals surface area contributed by atoms with Gasteiger partial charge in [0.05, 0.1) is 6.33 Å². The molecule has 0 aliphatic rings. The van der Waals surface area contributed by atoms with Crippen molar-refractivity contribution in [2.24, 2.45) is 5.73 Å². The van der Waals surface area contributed by atoms with Gasteiger partial charge in [-0.15, -0.1) is 0 Å². The molecule has 8 heteroatoms. The average molecular weight is 390 g/mol. The minimum Gasteiger partial charge on any atom is -0.448 e. The van der Waals surface area contributed by atoms with Crippen molar-refractivity contribution >= 4 is 33.9 Å². The van der Waals surface area contributed by atoms with Gasteiger partial charge in [0.15, 0.2) is 0 Å². The van der Waals surface area contributed by atoms with Crippen LogP contribution in [0.3, 0.4) is 0 Å². The molecule has 8 nitrogen and oxygen atoms in total. The summed E-state index contributed by atoms with van der Waals surface area (Å²) < 4.78 is 6.86. The number of nitrogens with two attached hydrogens (primary N) is 1. The summed E-state index contributed by atoms with van der Waals surface area (Å²) in [4.78, 5) is 42.4. The van der Waals surface area contributed by atoms with Crippen LogP contribution < -0.4 is 11.3 Å². The number of primary amides is 1. The van der Waals surface area contributed by atoms with Crippen LogP contribution in [0.4, 0.5) is 0 Å². The normalized spacial score (nSPS) is 11.1. The summed E-state index contributed by atoms with van der Waals surface area (Å²) in [6.07, 6.45) is 1.35. The summed E-state index contributed by atoms with van der Waals surface area (Å²) in [5.41, 5.74) is 7.19. The molecule has 4 rings (SSSR count). The van der Waals surface area contributed by atoms with Crippen LogP contribution in [0.2, 0.25) is 0 Å². The van der Waals surface area contributed by atoms with Crippen molar-refractivity contribution in [3.63, 3.8) is 0 Å². The lowest BCUT2D eigenvalue weighted by Crippen LogP contribution is -2.33. The van der Waals surface area contributed by atoms with Gasteiger partial charge in [-0.1, -0.05) is 24.3 Å². The number of benzene rings is 2. The molecule has 2 aromatic heterocycles. The monoisotopic (exact) mass is 390 g/mol. The zero-order valence-electron chi connectivity index (χ0n) is 15.7. The molecular formula is C21H18N4O4. The second-order valence-electron chi connectivity index (χ2n) is 6.77. The zero-order chi connectivity index (χ0) is 20.5. The van der Waals surface area contributed by atoms with Crippen molar-refractivity contribution < 1.29 is 14.0 Å². The molecule has 0 aliphatic heterocycles. The highest BCUT2D eigenvalue weighted by Gasteiger charge is 2.16. The second kappa shape index (κ2) is 7.23. The number of rotatable bonds is 5. The molecular weight excluding hydrogens is 372 g/mol. The standard InChI is InChI=1S/C21H18N4O4/c1-24(10-13-5-4-6-14(9-13)20(22)27)17(26)11-25-12-23-18-15-7-2-3-8-16(15)29-19(18)21(25)28/h2-9,12H,10-11H2,1H3,(H2,22,27). The molecule has 146 valence electrons. The maximum atomic E-state index is 12.7. The van der Waals surface area contributed by atoms with E-state index in [1.165, 1.54) is 15.8 Å². The molecule has 0 aliphatic carbocycles. The van der Waals surface area contributed by atoms with Gasteiger partial charge in [-0.2, -0.15) is 0 Å². The molecule has 2 N–H and O–H groups in total. The quantitative estimate of drug-likeness (QED) is 0.559. The number of hydrogen-bond acceptors (Lipinski definition) is 5. The van der Waals surface area contributed by atoms with Crippen molar-refractivity contribution in [2.75, 3.05) is 7.05 Å². The van der Waals surface area contributed by atoms with Crippen LogP contribution in [0.5, 0.6) is 0 Å². The van der Waals surface area contributed by atoms with Crippen LogP contribution in [0.15, 0.2) is 64.1 Å². The van der Waals surface area contributed by atoms with Crippen molar-refractivity contribution in [3.05, 3.63) is 76.3 Å². The number of nitrogens with zero attached hydrogens (tertiary/aromatic N) is 3. The third-order valence-electron chi connectivity index (χ3n) is 4.71. The van der Waals surface area contributed by atoms with E-state index in [-0.39, 0.29) is 24.6 Å². The fourth-order valence-electron chi connectivity index (χ4n) is 3.18. The average Bonchev–Trinajstić information content (AvgIpc) is 3.09. The highest BCUT2D eigenvalue weighted by atomic mass is 16.3. The number of likely N-dealkylation sites (N-methyl/N-ethyl adjacent to an activating group) is 1. The molecule has 29 heavy (non-hydrogen) atoms. The number of fused-ring (bicyclic) bond motifs is 3. The number of para-hydroxylation sites is 1. The number of aromatic nitrogens is 2. The molecule has 0 saturated heterocycles. The third-order valence-corrected chi connectivity index (χ3v) is 4.71. The van der Waals surface area contributed by atoms with Crippen molar-refractivity contribution in [3.8, 4) is 0 Å². The third kappa shape index (κ3) is 3.47. The molecule has 2 amide bonds. The SMILES string of the molecule is CN(Cc1cccc(C(N)=O)c1)C(=O)Cn1cnc2c(oc3ccccc32)c1=O. The van der Waals surface area contributed by atoms with Gasteiger partial charge in [-0.05, 0) is 29.8 Å². The molecule has 0 saturated carbocycles. The molecule has 0 atom stereocenters. The Morgan fingerprint density at radius 3 is 2.76 bits per heavy atom. The molecule has 2 heterocycles. The zero-order valence-corrected chi connectivity index (χ0v) is 15.7. The summed E-state index contributed by atoms with van der Waals surface area (Å²) in [5, 5.41) is 0.754. The number of carbonyl (C=O) groups is 2. The Hall–Kier alpha value is -3.94. The lowest BCUT2D eigenvalue weighted by atomic mass is 10.1. The Morgan fingerprint density at radius 2 is 1.97 bits per heavy atom. The molecule has 0 unspecified atom stereocenters. The number of amides is 2. The molecule has 0 bridgehead atoms. The summed E-state index contributed by atoms with van der Waals surface area (Å²) in [6.45, 7) is 0.0971. The van der Waals surface area contributed by atoms with Gasteiger partial charge in [0, 0.05) is 24.5 Å². The molecule has 0 fully saturated rings. The smallest absolute Gasteiger partial charge is 0.297 e. The maximum absolute atomic E-state index is 12.7.